The Kier molecular flexibility index (Phi) is 3.78. The van der Waals surface area contributed by atoms with Crippen LogP contribution in [-0.2, 0) is 0 Å². The van der Waals surface area contributed by atoms with Gasteiger partial charge in [-0.1, -0.05) is 12.5 Å². The fraction of sp³-hybridized carbons (Fsp3) is 0.615. The highest BCUT2D eigenvalue weighted by Crippen LogP contribution is 2.23. The van der Waals surface area contributed by atoms with Crippen molar-refractivity contribution in [2.75, 3.05) is 6.54 Å². The van der Waals surface area contributed by atoms with Crippen LogP contribution < -0.4 is 10.1 Å². The lowest BCUT2D eigenvalue weighted by Crippen LogP contribution is -2.26. The first-order valence-electron chi connectivity index (χ1n) is 6.11. The zero-order valence-electron chi connectivity index (χ0n) is 10.1. The Morgan fingerprint density at radius 3 is 2.81 bits per heavy atom. The summed E-state index contributed by atoms with van der Waals surface area (Å²) in [4.78, 5) is 4.33. The summed E-state index contributed by atoms with van der Waals surface area (Å²) in [5.41, 5.74) is 1.27. The van der Waals surface area contributed by atoms with Crippen molar-refractivity contribution < 1.29 is 4.74 Å². The van der Waals surface area contributed by atoms with Crippen LogP contribution in [0.3, 0.4) is 0 Å². The minimum atomic E-state index is 0.186. The first-order chi connectivity index (χ1) is 7.75. The maximum Gasteiger partial charge on any atom is 0.213 e. The number of nitrogens with one attached hydrogen (secondary N) is 1. The summed E-state index contributed by atoms with van der Waals surface area (Å²) in [6, 6.07) is 4.56. The second-order valence-electron chi connectivity index (χ2n) is 4.60. The van der Waals surface area contributed by atoms with E-state index in [-0.39, 0.29) is 6.10 Å². The van der Waals surface area contributed by atoms with Gasteiger partial charge in [0.2, 0.25) is 5.88 Å². The van der Waals surface area contributed by atoms with E-state index in [9.17, 15) is 0 Å². The van der Waals surface area contributed by atoms with Crippen molar-refractivity contribution in [1.29, 1.82) is 0 Å². The van der Waals surface area contributed by atoms with Gasteiger partial charge in [-0.25, -0.2) is 4.98 Å². The van der Waals surface area contributed by atoms with Crippen LogP contribution in [0.25, 0.3) is 0 Å². The molecule has 0 amide bonds. The molecule has 0 radical (unpaired) electrons. The third-order valence-electron chi connectivity index (χ3n) is 2.83. The van der Waals surface area contributed by atoms with Crippen molar-refractivity contribution in [3.05, 3.63) is 23.9 Å². The molecule has 3 nitrogen and oxygen atoms in total. The SMILES string of the molecule is CC(C)Oc1ccc(C2CCCCN2)cn1. The third-order valence-corrected chi connectivity index (χ3v) is 2.83. The van der Waals surface area contributed by atoms with Gasteiger partial charge in [0.05, 0.1) is 6.10 Å². The number of nitrogens with zero attached hydrogens (tertiary/aromatic N) is 1. The Labute approximate surface area is 97.2 Å². The second kappa shape index (κ2) is 5.30. The van der Waals surface area contributed by atoms with Crippen LogP contribution in [0.15, 0.2) is 18.3 Å². The van der Waals surface area contributed by atoms with Crippen LogP contribution in [0.2, 0.25) is 0 Å². The van der Waals surface area contributed by atoms with Gasteiger partial charge in [-0.3, -0.25) is 0 Å². The van der Waals surface area contributed by atoms with Crippen LogP contribution in [0.5, 0.6) is 5.88 Å². The van der Waals surface area contributed by atoms with Gasteiger partial charge >= 0.3 is 0 Å². The van der Waals surface area contributed by atoms with E-state index in [1.54, 1.807) is 0 Å². The van der Waals surface area contributed by atoms with Crippen LogP contribution >= 0.6 is 0 Å². The third kappa shape index (κ3) is 2.95. The molecule has 0 aromatic carbocycles. The molecule has 1 saturated heterocycles. The fourth-order valence-electron chi connectivity index (χ4n) is 2.05. The normalized spacial score (nSPS) is 21.1. The molecule has 1 aliphatic heterocycles. The summed E-state index contributed by atoms with van der Waals surface area (Å²) in [5.74, 6) is 0.717. The number of rotatable bonds is 3. The van der Waals surface area contributed by atoms with Gasteiger partial charge in [0, 0.05) is 18.3 Å². The molecule has 2 heterocycles. The van der Waals surface area contributed by atoms with Crippen LogP contribution in [0.4, 0.5) is 0 Å². The van der Waals surface area contributed by atoms with E-state index in [0.29, 0.717) is 6.04 Å². The Morgan fingerprint density at radius 2 is 2.25 bits per heavy atom. The van der Waals surface area contributed by atoms with Crippen molar-refractivity contribution in [3.63, 3.8) is 0 Å². The van der Waals surface area contributed by atoms with Gasteiger partial charge in [-0.05, 0) is 38.8 Å². The molecule has 1 aromatic rings. The maximum absolute atomic E-state index is 5.52. The number of pyridine rings is 1. The lowest BCUT2D eigenvalue weighted by Gasteiger charge is -2.23. The first kappa shape index (κ1) is 11.4. The molecule has 1 N–H and O–H groups in total. The molecule has 2 rings (SSSR count). The molecule has 88 valence electrons. The average molecular weight is 220 g/mol. The van der Waals surface area contributed by atoms with Crippen LogP contribution in [-0.4, -0.2) is 17.6 Å². The van der Waals surface area contributed by atoms with E-state index in [0.717, 1.165) is 12.4 Å². The Bertz CT molecular complexity index is 315. The van der Waals surface area contributed by atoms with Gasteiger partial charge in [0.15, 0.2) is 0 Å². The predicted molar refractivity (Wildman–Crippen MR) is 64.6 cm³/mol. The van der Waals surface area contributed by atoms with Gasteiger partial charge in [-0.2, -0.15) is 0 Å². The molecule has 1 fully saturated rings. The number of hydrogen-bond donors (Lipinski definition) is 1. The number of piperidine rings is 1. The van der Waals surface area contributed by atoms with Crippen molar-refractivity contribution >= 4 is 0 Å². The van der Waals surface area contributed by atoms with Gasteiger partial charge < -0.3 is 10.1 Å². The highest BCUT2D eigenvalue weighted by molar-refractivity contribution is 5.21. The van der Waals surface area contributed by atoms with Gasteiger partial charge in [0.1, 0.15) is 0 Å². The Balaban J connectivity index is 2.00. The molecule has 0 bridgehead atoms. The number of aromatic nitrogens is 1. The van der Waals surface area contributed by atoms with E-state index in [2.05, 4.69) is 16.4 Å². The van der Waals surface area contributed by atoms with E-state index >= 15 is 0 Å². The molecular formula is C13H20N2O. The zero-order valence-corrected chi connectivity index (χ0v) is 10.1. The second-order valence-corrected chi connectivity index (χ2v) is 4.60. The van der Waals surface area contributed by atoms with E-state index in [1.807, 2.05) is 26.1 Å². The fourth-order valence-corrected chi connectivity index (χ4v) is 2.05. The van der Waals surface area contributed by atoms with Crippen LogP contribution in [0, 0.1) is 0 Å². The Morgan fingerprint density at radius 1 is 1.38 bits per heavy atom. The summed E-state index contributed by atoms with van der Waals surface area (Å²) in [5, 5.41) is 3.51. The summed E-state index contributed by atoms with van der Waals surface area (Å²) >= 11 is 0. The lowest BCUT2D eigenvalue weighted by atomic mass is 9.99. The molecule has 0 saturated carbocycles. The van der Waals surface area contributed by atoms with E-state index in [4.69, 9.17) is 4.74 Å². The first-order valence-corrected chi connectivity index (χ1v) is 6.11. The monoisotopic (exact) mass is 220 g/mol. The van der Waals surface area contributed by atoms with Crippen LogP contribution in [0.1, 0.15) is 44.7 Å². The highest BCUT2D eigenvalue weighted by atomic mass is 16.5. The molecule has 16 heavy (non-hydrogen) atoms. The largest absolute Gasteiger partial charge is 0.475 e. The van der Waals surface area contributed by atoms with Crippen molar-refractivity contribution in [1.82, 2.24) is 10.3 Å². The topological polar surface area (TPSA) is 34.1 Å². The van der Waals surface area contributed by atoms with E-state index in [1.165, 1.54) is 24.8 Å². The smallest absolute Gasteiger partial charge is 0.213 e. The van der Waals surface area contributed by atoms with Gasteiger partial charge in [-0.15, -0.1) is 0 Å². The number of hydrogen-bond acceptors (Lipinski definition) is 3. The lowest BCUT2D eigenvalue weighted by molar-refractivity contribution is 0.232. The molecule has 1 aromatic heterocycles. The minimum absolute atomic E-state index is 0.186. The molecule has 1 aliphatic rings. The molecule has 3 heteroatoms. The average Bonchev–Trinajstić information content (AvgIpc) is 2.30. The number of ether oxygens (including phenoxy) is 1. The Hall–Kier alpha value is -1.09. The zero-order chi connectivity index (χ0) is 11.4. The quantitative estimate of drug-likeness (QED) is 0.850. The molecule has 1 unspecified atom stereocenters. The summed E-state index contributed by atoms with van der Waals surface area (Å²) in [6.07, 6.45) is 5.93. The summed E-state index contributed by atoms with van der Waals surface area (Å²) in [7, 11) is 0. The summed E-state index contributed by atoms with van der Waals surface area (Å²) < 4.78 is 5.52. The molecule has 1 atom stereocenters. The molecule has 0 aliphatic carbocycles. The molecular weight excluding hydrogens is 200 g/mol. The van der Waals surface area contributed by atoms with Crippen molar-refractivity contribution in [2.45, 2.75) is 45.3 Å². The van der Waals surface area contributed by atoms with Crippen molar-refractivity contribution in [2.24, 2.45) is 0 Å². The highest BCUT2D eigenvalue weighted by Gasteiger charge is 2.14. The van der Waals surface area contributed by atoms with E-state index < -0.39 is 0 Å². The van der Waals surface area contributed by atoms with Crippen molar-refractivity contribution in [3.8, 4) is 5.88 Å². The predicted octanol–water partition coefficient (Wildman–Crippen LogP) is 2.68. The minimum Gasteiger partial charge on any atom is -0.475 e. The standard InChI is InChI=1S/C13H20N2O/c1-10(2)16-13-7-6-11(9-15-13)12-5-3-4-8-14-12/h6-7,9-10,12,14H,3-5,8H2,1-2H3. The van der Waals surface area contributed by atoms with Gasteiger partial charge in [0.25, 0.3) is 0 Å². The maximum atomic E-state index is 5.52. The summed E-state index contributed by atoms with van der Waals surface area (Å²) in [6.45, 7) is 5.14. The molecule has 0 spiro atoms.